The molecule has 0 saturated heterocycles. The third-order valence-electron chi connectivity index (χ3n) is 2.18. The predicted molar refractivity (Wildman–Crippen MR) is 62.0 cm³/mol. The van der Waals surface area contributed by atoms with Crippen molar-refractivity contribution in [3.8, 4) is 0 Å². The minimum atomic E-state index is -1.04. The molecule has 0 bridgehead atoms. The zero-order chi connectivity index (χ0) is 13.8. The molecule has 2 aromatic heterocycles. The van der Waals surface area contributed by atoms with Gasteiger partial charge in [0.05, 0.1) is 11.9 Å². The molecular formula is C11H9FN4O3. The number of anilines is 1. The Balaban J connectivity index is 2.06. The summed E-state index contributed by atoms with van der Waals surface area (Å²) in [5.74, 6) is -2.33. The van der Waals surface area contributed by atoms with Crippen LogP contribution in [-0.4, -0.2) is 31.7 Å². The van der Waals surface area contributed by atoms with E-state index in [1.165, 1.54) is 24.7 Å². The third kappa shape index (κ3) is 3.35. The summed E-state index contributed by atoms with van der Waals surface area (Å²) in [4.78, 5) is 25.5. The van der Waals surface area contributed by atoms with Crippen molar-refractivity contribution in [1.82, 2.24) is 14.8 Å². The second-order valence-corrected chi connectivity index (χ2v) is 3.64. The largest absolute Gasteiger partial charge is 0.480 e. The lowest BCUT2D eigenvalue weighted by Crippen LogP contribution is -2.12. The smallest absolute Gasteiger partial charge is 0.325 e. The normalized spacial score (nSPS) is 10.2. The lowest BCUT2D eigenvalue weighted by atomic mass is 10.2. The Morgan fingerprint density at radius 1 is 1.47 bits per heavy atom. The van der Waals surface area contributed by atoms with Gasteiger partial charge in [-0.2, -0.15) is 9.49 Å². The van der Waals surface area contributed by atoms with Crippen LogP contribution in [0.5, 0.6) is 0 Å². The first-order valence-electron chi connectivity index (χ1n) is 5.22. The van der Waals surface area contributed by atoms with Crippen LogP contribution >= 0.6 is 0 Å². The molecule has 0 aliphatic carbocycles. The number of hydrogen-bond donors (Lipinski definition) is 2. The maximum atomic E-state index is 12.8. The highest BCUT2D eigenvalue weighted by molar-refractivity contribution is 6.04. The third-order valence-corrected chi connectivity index (χ3v) is 2.18. The molecule has 1 amide bonds. The van der Waals surface area contributed by atoms with Crippen molar-refractivity contribution in [3.63, 3.8) is 0 Å². The molecule has 7 nitrogen and oxygen atoms in total. The van der Waals surface area contributed by atoms with E-state index in [1.807, 2.05) is 0 Å². The highest BCUT2D eigenvalue weighted by Crippen LogP contribution is 2.08. The Bertz CT molecular complexity index is 626. The maximum Gasteiger partial charge on any atom is 0.325 e. The summed E-state index contributed by atoms with van der Waals surface area (Å²) in [5, 5.41) is 14.8. The summed E-state index contributed by atoms with van der Waals surface area (Å²) >= 11 is 0. The number of amides is 1. The molecule has 0 aliphatic heterocycles. The van der Waals surface area contributed by atoms with Crippen LogP contribution in [0.15, 0.2) is 30.7 Å². The molecule has 8 heteroatoms. The van der Waals surface area contributed by atoms with E-state index in [-0.39, 0.29) is 12.1 Å². The van der Waals surface area contributed by atoms with Crippen molar-refractivity contribution in [3.05, 3.63) is 42.2 Å². The number of carboxylic acids is 1. The van der Waals surface area contributed by atoms with Gasteiger partial charge < -0.3 is 10.4 Å². The van der Waals surface area contributed by atoms with Gasteiger partial charge >= 0.3 is 5.97 Å². The fourth-order valence-electron chi connectivity index (χ4n) is 1.40. The van der Waals surface area contributed by atoms with E-state index in [0.29, 0.717) is 5.69 Å². The van der Waals surface area contributed by atoms with Crippen molar-refractivity contribution in [2.24, 2.45) is 0 Å². The summed E-state index contributed by atoms with van der Waals surface area (Å²) in [5.41, 5.74) is 0.432. The second kappa shape index (κ2) is 5.25. The highest BCUT2D eigenvalue weighted by Gasteiger charge is 2.09. The van der Waals surface area contributed by atoms with Gasteiger partial charge in [0.25, 0.3) is 5.91 Å². The first kappa shape index (κ1) is 12.7. The van der Waals surface area contributed by atoms with E-state index in [4.69, 9.17) is 5.11 Å². The summed E-state index contributed by atoms with van der Waals surface area (Å²) in [6.07, 6.45) is 3.85. The molecule has 0 aromatic carbocycles. The minimum Gasteiger partial charge on any atom is -0.480 e. The lowest BCUT2D eigenvalue weighted by molar-refractivity contribution is -0.137. The minimum absolute atomic E-state index is 0.110. The molecule has 0 fully saturated rings. The van der Waals surface area contributed by atoms with E-state index in [1.54, 1.807) is 0 Å². The second-order valence-electron chi connectivity index (χ2n) is 3.64. The number of carbonyl (C=O) groups is 2. The average Bonchev–Trinajstić information content (AvgIpc) is 2.75. The van der Waals surface area contributed by atoms with Crippen molar-refractivity contribution < 1.29 is 19.1 Å². The number of carbonyl (C=O) groups excluding carboxylic acids is 1. The Morgan fingerprint density at radius 3 is 2.95 bits per heavy atom. The molecule has 98 valence electrons. The van der Waals surface area contributed by atoms with Gasteiger partial charge in [-0.25, -0.2) is 4.98 Å². The van der Waals surface area contributed by atoms with Crippen LogP contribution < -0.4 is 5.32 Å². The van der Waals surface area contributed by atoms with Gasteiger partial charge in [-0.15, -0.1) is 0 Å². The van der Waals surface area contributed by atoms with Crippen molar-refractivity contribution in [2.45, 2.75) is 6.54 Å². The van der Waals surface area contributed by atoms with Crippen LogP contribution in [0, 0.1) is 5.95 Å². The number of carboxylic acid groups (broad SMARTS) is 1. The van der Waals surface area contributed by atoms with Crippen LogP contribution in [0.2, 0.25) is 0 Å². The fraction of sp³-hybridized carbons (Fsp3) is 0.0909. The molecule has 2 rings (SSSR count). The lowest BCUT2D eigenvalue weighted by Gasteiger charge is -2.01. The van der Waals surface area contributed by atoms with Crippen LogP contribution in [-0.2, 0) is 11.3 Å². The Morgan fingerprint density at radius 2 is 2.26 bits per heavy atom. The van der Waals surface area contributed by atoms with E-state index in [0.717, 1.165) is 10.7 Å². The number of nitrogens with zero attached hydrogens (tertiary/aromatic N) is 3. The highest BCUT2D eigenvalue weighted by atomic mass is 19.1. The first-order valence-corrected chi connectivity index (χ1v) is 5.22. The zero-order valence-electron chi connectivity index (χ0n) is 9.58. The molecule has 0 saturated carbocycles. The molecule has 2 N–H and O–H groups in total. The molecule has 19 heavy (non-hydrogen) atoms. The summed E-state index contributed by atoms with van der Waals surface area (Å²) < 4.78 is 14.0. The van der Waals surface area contributed by atoms with Crippen LogP contribution in [0.4, 0.5) is 10.1 Å². The predicted octanol–water partition coefficient (Wildman–Crippen LogP) is 0.754. The Hall–Kier alpha value is -2.77. The van der Waals surface area contributed by atoms with Crippen LogP contribution in [0.1, 0.15) is 10.4 Å². The van der Waals surface area contributed by atoms with Gasteiger partial charge in [-0.3, -0.25) is 14.3 Å². The molecule has 0 spiro atoms. The van der Waals surface area contributed by atoms with Crippen molar-refractivity contribution in [1.29, 1.82) is 0 Å². The number of aromatic nitrogens is 3. The molecule has 2 aromatic rings. The van der Waals surface area contributed by atoms with Gasteiger partial charge in [-0.05, 0) is 6.07 Å². The number of aliphatic carboxylic acids is 1. The summed E-state index contributed by atoms with van der Waals surface area (Å²) in [6.45, 7) is -0.306. The monoisotopic (exact) mass is 264 g/mol. The topological polar surface area (TPSA) is 97.1 Å². The van der Waals surface area contributed by atoms with Gasteiger partial charge in [-0.1, -0.05) is 0 Å². The van der Waals surface area contributed by atoms with Gasteiger partial charge in [0.1, 0.15) is 6.54 Å². The molecular weight excluding hydrogens is 255 g/mol. The van der Waals surface area contributed by atoms with E-state index < -0.39 is 17.8 Å². The molecule has 0 aliphatic rings. The van der Waals surface area contributed by atoms with Gasteiger partial charge in [0, 0.05) is 24.0 Å². The molecule has 2 heterocycles. The quantitative estimate of drug-likeness (QED) is 0.794. The summed E-state index contributed by atoms with van der Waals surface area (Å²) in [6, 6.07) is 2.36. The number of rotatable bonds is 4. The maximum absolute atomic E-state index is 12.8. The van der Waals surface area contributed by atoms with E-state index >= 15 is 0 Å². The SMILES string of the molecule is O=C(O)Cn1cc(NC(=O)c2ccnc(F)c2)cn1. The fourth-order valence-corrected chi connectivity index (χ4v) is 1.40. The van der Waals surface area contributed by atoms with Gasteiger partial charge in [0.15, 0.2) is 0 Å². The van der Waals surface area contributed by atoms with Crippen molar-refractivity contribution in [2.75, 3.05) is 5.32 Å². The number of nitrogens with one attached hydrogen (secondary N) is 1. The van der Waals surface area contributed by atoms with E-state index in [2.05, 4.69) is 15.4 Å². The van der Waals surface area contributed by atoms with Crippen LogP contribution in [0.3, 0.4) is 0 Å². The summed E-state index contributed by atoms with van der Waals surface area (Å²) in [7, 11) is 0. The Kier molecular flexibility index (Phi) is 3.51. The Labute approximate surface area is 106 Å². The first-order chi connectivity index (χ1) is 9.04. The molecule has 0 unspecified atom stereocenters. The number of pyridine rings is 1. The molecule has 0 radical (unpaired) electrons. The van der Waals surface area contributed by atoms with Gasteiger partial charge in [0.2, 0.25) is 5.95 Å². The van der Waals surface area contributed by atoms with Crippen LogP contribution in [0.25, 0.3) is 0 Å². The van der Waals surface area contributed by atoms with Crippen molar-refractivity contribution >= 4 is 17.6 Å². The zero-order valence-corrected chi connectivity index (χ0v) is 9.58. The number of halogens is 1. The number of hydrogen-bond acceptors (Lipinski definition) is 4. The van der Waals surface area contributed by atoms with E-state index in [9.17, 15) is 14.0 Å². The average molecular weight is 264 g/mol. The molecule has 0 atom stereocenters. The standard InChI is InChI=1S/C11H9FN4O3/c12-9-3-7(1-2-13-9)11(19)15-8-4-14-16(5-8)6-10(17)18/h1-5H,6H2,(H,15,19)(H,17,18).